The summed E-state index contributed by atoms with van der Waals surface area (Å²) in [6, 6.07) is 36.0. The van der Waals surface area contributed by atoms with Gasteiger partial charge in [0.15, 0.2) is 0 Å². The Morgan fingerprint density at radius 2 is 1.00 bits per heavy atom. The number of carbonyl (C=O) groups excluding carboxylic acids is 2. The Bertz CT molecular complexity index is 2200. The lowest BCUT2D eigenvalue weighted by atomic mass is 9.81. The normalized spacial score (nSPS) is 25.8. The van der Waals surface area contributed by atoms with Crippen molar-refractivity contribution < 1.29 is 19.1 Å². The van der Waals surface area contributed by atoms with Crippen LogP contribution in [-0.4, -0.2) is 138 Å². The lowest BCUT2D eigenvalue weighted by Crippen LogP contribution is -2.71. The van der Waals surface area contributed by atoms with Crippen LogP contribution in [0.4, 0.5) is 0 Å². The predicted octanol–water partition coefficient (Wildman–Crippen LogP) is 8.80. The first kappa shape index (κ1) is 49.5. The van der Waals surface area contributed by atoms with Gasteiger partial charge in [-0.05, 0) is 161 Å². The fourth-order valence-corrected chi connectivity index (χ4v) is 11.9. The number of nitrogens with zero attached hydrogens (tertiary/aromatic N) is 5. The molecule has 4 aromatic carbocycles. The monoisotopic (exact) mass is 930 g/mol. The summed E-state index contributed by atoms with van der Waals surface area (Å²) in [5.74, 6) is 1.07. The number of piperidine rings is 1. The lowest BCUT2D eigenvalue weighted by molar-refractivity contribution is -0.153. The van der Waals surface area contributed by atoms with Gasteiger partial charge in [0.25, 0.3) is 0 Å². The number of carbonyl (C=O) groups is 2. The van der Waals surface area contributed by atoms with Crippen molar-refractivity contribution in [2.45, 2.75) is 122 Å². The van der Waals surface area contributed by atoms with Gasteiger partial charge in [0.1, 0.15) is 0 Å². The van der Waals surface area contributed by atoms with E-state index in [1.807, 2.05) is 32.0 Å². The number of aryl methyl sites for hydroxylation is 4. The number of benzene rings is 4. The summed E-state index contributed by atoms with van der Waals surface area (Å²) in [4.78, 5) is 37.0. The number of ether oxygens (including phenoxy) is 2. The molecule has 0 aromatic heterocycles. The van der Waals surface area contributed by atoms with E-state index in [-0.39, 0.29) is 29.3 Å². The van der Waals surface area contributed by atoms with Crippen molar-refractivity contribution in [3.8, 4) is 0 Å². The number of hydrogen-bond acceptors (Lipinski definition) is 8. The van der Waals surface area contributed by atoms with Gasteiger partial charge in [0, 0.05) is 44.7 Å². The van der Waals surface area contributed by atoms with Crippen LogP contribution in [0.25, 0.3) is 0 Å². The van der Waals surface area contributed by atoms with Crippen molar-refractivity contribution in [3.05, 3.63) is 142 Å². The van der Waals surface area contributed by atoms with Crippen LogP contribution in [0.3, 0.4) is 0 Å². The van der Waals surface area contributed by atoms with E-state index in [0.717, 1.165) is 76.1 Å². The number of likely N-dealkylation sites (tertiary alicyclic amines) is 3. The fourth-order valence-electron chi connectivity index (χ4n) is 11.7. The minimum Gasteiger partial charge on any atom is -0.378 e. The Hall–Kier alpha value is -3.93. The van der Waals surface area contributed by atoms with Gasteiger partial charge in [0.2, 0.25) is 11.1 Å². The highest BCUT2D eigenvalue weighted by Crippen LogP contribution is 2.35. The summed E-state index contributed by atoms with van der Waals surface area (Å²) >= 11 is 5.27. The molecule has 0 bridgehead atoms. The second-order valence-corrected chi connectivity index (χ2v) is 20.6. The van der Waals surface area contributed by atoms with Crippen molar-refractivity contribution in [1.29, 1.82) is 0 Å². The molecule has 10 heteroatoms. The predicted molar refractivity (Wildman–Crippen MR) is 270 cm³/mol. The number of hydrogen-bond donors (Lipinski definition) is 0. The SMILES string of the molecule is Cc1ccc(CC(=O)Cl)cc1C.Cc1ccc(CC(=O)N2CCN(Cc3ccccc3)[C@@H]3COC[C@H](N4CCCC4)[C@H]32)cc1C.c1ccc(CN2CCC[C@H]3[C@H]2COC[C@@H]3N2CCCC2)cc1. The summed E-state index contributed by atoms with van der Waals surface area (Å²) in [6.45, 7) is 21.4. The molecule has 6 saturated heterocycles. The number of piperazine rings is 1. The average Bonchev–Trinajstić information content (AvgIpc) is 4.09. The Morgan fingerprint density at radius 3 is 1.55 bits per heavy atom. The highest BCUT2D eigenvalue weighted by atomic mass is 35.5. The Morgan fingerprint density at radius 1 is 0.507 bits per heavy atom. The summed E-state index contributed by atoms with van der Waals surface area (Å²) in [7, 11) is 0. The third-order valence-electron chi connectivity index (χ3n) is 15.7. The van der Waals surface area contributed by atoms with E-state index >= 15 is 0 Å². The third-order valence-corrected chi connectivity index (χ3v) is 15.8. The summed E-state index contributed by atoms with van der Waals surface area (Å²) < 4.78 is 12.2. The Kier molecular flexibility index (Phi) is 17.8. The van der Waals surface area contributed by atoms with Crippen molar-refractivity contribution in [3.63, 3.8) is 0 Å². The van der Waals surface area contributed by atoms with E-state index in [1.54, 1.807) is 0 Å². The zero-order valence-electron chi connectivity index (χ0n) is 40.8. The van der Waals surface area contributed by atoms with Crippen LogP contribution in [0.1, 0.15) is 83.0 Å². The van der Waals surface area contributed by atoms with Crippen LogP contribution in [0, 0.1) is 33.6 Å². The van der Waals surface area contributed by atoms with Gasteiger partial charge in [-0.3, -0.25) is 29.2 Å². The van der Waals surface area contributed by atoms with E-state index in [9.17, 15) is 9.59 Å². The molecule has 10 rings (SSSR count). The molecule has 0 aliphatic carbocycles. The van der Waals surface area contributed by atoms with Crippen molar-refractivity contribution in [2.24, 2.45) is 5.92 Å². The molecule has 0 saturated carbocycles. The number of fused-ring (bicyclic) bond motifs is 2. The highest BCUT2D eigenvalue weighted by molar-refractivity contribution is 6.63. The zero-order chi connectivity index (χ0) is 46.7. The van der Waals surface area contributed by atoms with Crippen LogP contribution in [-0.2, 0) is 45.0 Å². The van der Waals surface area contributed by atoms with Crippen LogP contribution in [0.5, 0.6) is 0 Å². The number of amides is 1. The second kappa shape index (κ2) is 24.1. The zero-order valence-corrected chi connectivity index (χ0v) is 41.6. The molecule has 6 atom stereocenters. The molecular formula is C57H76ClN5O4. The summed E-state index contributed by atoms with van der Waals surface area (Å²) in [5.41, 5.74) is 9.84. The van der Waals surface area contributed by atoms with Crippen molar-refractivity contribution in [2.75, 3.05) is 72.2 Å². The smallest absolute Gasteiger partial charge is 0.227 e. The molecule has 1 amide bonds. The van der Waals surface area contributed by atoms with Gasteiger partial charge in [-0.15, -0.1) is 0 Å². The highest BCUT2D eigenvalue weighted by Gasteiger charge is 2.48. The van der Waals surface area contributed by atoms with Gasteiger partial charge < -0.3 is 14.4 Å². The van der Waals surface area contributed by atoms with Gasteiger partial charge in [-0.1, -0.05) is 97.1 Å². The third kappa shape index (κ3) is 13.0. The molecule has 9 nitrogen and oxygen atoms in total. The largest absolute Gasteiger partial charge is 0.378 e. The van der Waals surface area contributed by atoms with Gasteiger partial charge in [-0.2, -0.15) is 0 Å². The molecule has 67 heavy (non-hydrogen) atoms. The van der Waals surface area contributed by atoms with Gasteiger partial charge in [-0.25, -0.2) is 0 Å². The maximum atomic E-state index is 13.7. The van der Waals surface area contributed by atoms with Gasteiger partial charge >= 0.3 is 0 Å². The number of rotatable bonds is 10. The standard InChI is InChI=1S/C28H37N3O2.C19H28N2O.C10H11ClO/c1-21-10-11-24(16-22(21)2)17-27(32)31-15-14-30(18-23-8-4-3-5-9-23)26-20-33-19-25(28(26)31)29-12-6-7-13-29;1-2-7-16(8-3-1)13-21-12-6-9-17-18(14-22-15-19(17)21)20-10-4-5-11-20;1-7-3-4-9(5-8(7)2)6-10(11)12/h3-5,8-11,16,25-26,28H,6-7,12-15,17-20H2,1-2H3;1-3,7-8,17-19H,4-6,9-15H2;3-5H,6H2,1-2H3/t25-,26+,28+;17-,18+,19-;/m01./s1. The van der Waals surface area contributed by atoms with Crippen LogP contribution < -0.4 is 0 Å². The molecule has 0 spiro atoms. The molecule has 6 fully saturated rings. The lowest BCUT2D eigenvalue weighted by Gasteiger charge is -2.54. The first-order valence-electron chi connectivity index (χ1n) is 25.4. The second-order valence-electron chi connectivity index (χ2n) is 20.2. The molecule has 360 valence electrons. The molecule has 6 aliphatic rings. The molecule has 0 N–H and O–H groups in total. The molecule has 0 radical (unpaired) electrons. The molecule has 6 heterocycles. The molecular weight excluding hydrogens is 854 g/mol. The van der Waals surface area contributed by atoms with Crippen LogP contribution in [0.15, 0.2) is 97.1 Å². The van der Waals surface area contributed by atoms with E-state index in [0.29, 0.717) is 31.5 Å². The van der Waals surface area contributed by atoms with E-state index in [2.05, 4.69) is 117 Å². The minimum absolute atomic E-state index is 0.188. The quantitative estimate of drug-likeness (QED) is 0.146. The first-order chi connectivity index (χ1) is 32.6. The molecule has 4 aromatic rings. The first-order valence-corrected chi connectivity index (χ1v) is 25.8. The van der Waals surface area contributed by atoms with Crippen LogP contribution in [0.2, 0.25) is 0 Å². The van der Waals surface area contributed by atoms with E-state index < -0.39 is 0 Å². The molecule has 0 unspecified atom stereocenters. The van der Waals surface area contributed by atoms with Crippen molar-refractivity contribution >= 4 is 22.8 Å². The molecule has 6 aliphatic heterocycles. The minimum atomic E-state index is -0.307. The van der Waals surface area contributed by atoms with Crippen LogP contribution >= 0.6 is 11.6 Å². The van der Waals surface area contributed by atoms with Gasteiger partial charge in [0.05, 0.1) is 51.0 Å². The Balaban J connectivity index is 0.000000153. The van der Waals surface area contributed by atoms with E-state index in [4.69, 9.17) is 21.1 Å². The van der Waals surface area contributed by atoms with E-state index in [1.165, 1.54) is 91.5 Å². The summed E-state index contributed by atoms with van der Waals surface area (Å²) in [6.07, 6.45) is 8.79. The van der Waals surface area contributed by atoms with Crippen molar-refractivity contribution in [1.82, 2.24) is 24.5 Å². The Labute approximate surface area is 406 Å². The average molecular weight is 931 g/mol. The topological polar surface area (TPSA) is 68.8 Å². The fraction of sp³-hybridized carbons (Fsp3) is 0.544. The summed E-state index contributed by atoms with van der Waals surface area (Å²) in [5, 5.41) is -0.307. The number of halogens is 1. The maximum Gasteiger partial charge on any atom is 0.227 e. The maximum absolute atomic E-state index is 13.7.